The zero-order valence-corrected chi connectivity index (χ0v) is 13.3. The second kappa shape index (κ2) is 6.86. The zero-order chi connectivity index (χ0) is 15.4. The molecule has 0 aliphatic carbocycles. The van der Waals surface area contributed by atoms with Crippen molar-refractivity contribution in [3.8, 4) is 11.1 Å². The largest absolute Gasteiger partial charge is 0.310 e. The summed E-state index contributed by atoms with van der Waals surface area (Å²) in [5.74, 6) is -0.185. The van der Waals surface area contributed by atoms with E-state index in [1.54, 1.807) is 12.1 Å². The van der Waals surface area contributed by atoms with Crippen molar-refractivity contribution >= 4 is 0 Å². The summed E-state index contributed by atoms with van der Waals surface area (Å²) in [6.07, 6.45) is 1.09. The normalized spacial score (nSPS) is 12.4. The maximum Gasteiger partial charge on any atom is 0.123 e. The Labute approximate surface area is 127 Å². The van der Waals surface area contributed by atoms with Crippen molar-refractivity contribution in [1.82, 2.24) is 5.32 Å². The van der Waals surface area contributed by atoms with E-state index in [0.717, 1.165) is 29.7 Å². The van der Waals surface area contributed by atoms with Crippen molar-refractivity contribution in [3.63, 3.8) is 0 Å². The van der Waals surface area contributed by atoms with Crippen LogP contribution in [-0.2, 0) is 0 Å². The van der Waals surface area contributed by atoms with Gasteiger partial charge in [0, 0.05) is 6.04 Å². The summed E-state index contributed by atoms with van der Waals surface area (Å²) in [5.41, 5.74) is 5.63. The summed E-state index contributed by atoms with van der Waals surface area (Å²) in [6.45, 7) is 9.40. The van der Waals surface area contributed by atoms with Crippen LogP contribution in [0.15, 0.2) is 36.4 Å². The molecule has 1 nitrogen and oxygen atoms in total. The van der Waals surface area contributed by atoms with E-state index in [-0.39, 0.29) is 11.9 Å². The lowest BCUT2D eigenvalue weighted by molar-refractivity contribution is 0.569. The highest BCUT2D eigenvalue weighted by molar-refractivity contribution is 5.69. The Morgan fingerprint density at radius 3 is 2.33 bits per heavy atom. The number of benzene rings is 2. The minimum absolute atomic E-state index is 0.185. The van der Waals surface area contributed by atoms with E-state index >= 15 is 0 Å². The van der Waals surface area contributed by atoms with E-state index in [1.165, 1.54) is 11.1 Å². The number of halogens is 1. The number of nitrogens with one attached hydrogen (secondary N) is 1. The Bertz CT molecular complexity index is 599. The molecule has 1 unspecified atom stereocenters. The Kier molecular flexibility index (Phi) is 5.13. The SMILES string of the molecule is CCCNC(C)c1ccc(F)cc1-c1cc(C)cc(C)c1. The molecular formula is C19H24FN. The molecular weight excluding hydrogens is 261 g/mol. The predicted octanol–water partition coefficient (Wildman–Crippen LogP) is 5.17. The highest BCUT2D eigenvalue weighted by atomic mass is 19.1. The molecule has 0 heterocycles. The summed E-state index contributed by atoms with van der Waals surface area (Å²) >= 11 is 0. The number of rotatable bonds is 5. The topological polar surface area (TPSA) is 12.0 Å². The van der Waals surface area contributed by atoms with Gasteiger partial charge in [-0.15, -0.1) is 0 Å². The number of aryl methyl sites for hydroxylation is 2. The third-order valence-corrected chi connectivity index (χ3v) is 3.72. The van der Waals surface area contributed by atoms with Gasteiger partial charge in [0.25, 0.3) is 0 Å². The predicted molar refractivity (Wildman–Crippen MR) is 88.0 cm³/mol. The Morgan fingerprint density at radius 2 is 1.71 bits per heavy atom. The lowest BCUT2D eigenvalue weighted by Gasteiger charge is -2.19. The molecule has 2 heteroatoms. The fraction of sp³-hybridized carbons (Fsp3) is 0.368. The highest BCUT2D eigenvalue weighted by Crippen LogP contribution is 2.30. The molecule has 21 heavy (non-hydrogen) atoms. The molecule has 0 aromatic heterocycles. The zero-order valence-electron chi connectivity index (χ0n) is 13.3. The molecule has 0 amide bonds. The maximum absolute atomic E-state index is 13.7. The molecule has 0 aliphatic rings. The summed E-state index contributed by atoms with van der Waals surface area (Å²) in [5, 5.41) is 3.48. The van der Waals surface area contributed by atoms with Gasteiger partial charge in [0.05, 0.1) is 0 Å². The molecule has 0 fully saturated rings. The lowest BCUT2D eigenvalue weighted by atomic mass is 9.93. The first-order valence-electron chi connectivity index (χ1n) is 7.62. The van der Waals surface area contributed by atoms with Crippen molar-refractivity contribution in [2.24, 2.45) is 0 Å². The lowest BCUT2D eigenvalue weighted by Crippen LogP contribution is -2.20. The third kappa shape index (κ3) is 3.92. The first-order valence-corrected chi connectivity index (χ1v) is 7.62. The standard InChI is InChI=1S/C19H24FN/c1-5-8-21-15(4)18-7-6-17(20)12-19(18)16-10-13(2)9-14(3)11-16/h6-7,9-12,15,21H,5,8H2,1-4H3. The molecule has 2 aromatic rings. The average Bonchev–Trinajstić information content (AvgIpc) is 2.43. The van der Waals surface area contributed by atoms with E-state index in [0.29, 0.717) is 0 Å². The van der Waals surface area contributed by atoms with Gasteiger partial charge in [-0.25, -0.2) is 4.39 Å². The molecule has 0 bridgehead atoms. The smallest absolute Gasteiger partial charge is 0.123 e. The van der Waals surface area contributed by atoms with Crippen molar-refractivity contribution in [2.45, 2.75) is 40.2 Å². The summed E-state index contributed by atoms with van der Waals surface area (Å²) in [6, 6.07) is 11.7. The monoisotopic (exact) mass is 285 g/mol. The van der Waals surface area contributed by atoms with E-state index in [1.807, 2.05) is 6.07 Å². The van der Waals surface area contributed by atoms with Crippen molar-refractivity contribution in [1.29, 1.82) is 0 Å². The van der Waals surface area contributed by atoms with Crippen LogP contribution in [0.3, 0.4) is 0 Å². The number of hydrogen-bond donors (Lipinski definition) is 1. The first-order chi connectivity index (χ1) is 10.0. The molecule has 0 saturated heterocycles. The minimum Gasteiger partial charge on any atom is -0.310 e. The van der Waals surface area contributed by atoms with Gasteiger partial charge in [-0.2, -0.15) is 0 Å². The third-order valence-electron chi connectivity index (χ3n) is 3.72. The second-order valence-electron chi connectivity index (χ2n) is 5.78. The van der Waals surface area contributed by atoms with Crippen LogP contribution in [0.25, 0.3) is 11.1 Å². The molecule has 0 radical (unpaired) electrons. The van der Waals surface area contributed by atoms with Gasteiger partial charge < -0.3 is 5.32 Å². The Morgan fingerprint density at radius 1 is 1.05 bits per heavy atom. The molecule has 0 saturated carbocycles. The van der Waals surface area contributed by atoms with Crippen LogP contribution in [-0.4, -0.2) is 6.54 Å². The van der Waals surface area contributed by atoms with E-state index in [4.69, 9.17) is 0 Å². The maximum atomic E-state index is 13.7. The summed E-state index contributed by atoms with van der Waals surface area (Å²) in [7, 11) is 0. The molecule has 1 atom stereocenters. The Hall–Kier alpha value is -1.67. The van der Waals surface area contributed by atoms with E-state index < -0.39 is 0 Å². The van der Waals surface area contributed by atoms with Gasteiger partial charge in [-0.1, -0.05) is 42.3 Å². The molecule has 2 aromatic carbocycles. The van der Waals surface area contributed by atoms with Gasteiger partial charge in [-0.3, -0.25) is 0 Å². The van der Waals surface area contributed by atoms with Gasteiger partial charge in [0.1, 0.15) is 5.82 Å². The summed E-state index contributed by atoms with van der Waals surface area (Å²) < 4.78 is 13.7. The second-order valence-corrected chi connectivity index (χ2v) is 5.78. The van der Waals surface area contributed by atoms with Gasteiger partial charge in [0.15, 0.2) is 0 Å². The molecule has 1 N–H and O–H groups in total. The molecule has 112 valence electrons. The van der Waals surface area contributed by atoms with Crippen molar-refractivity contribution < 1.29 is 4.39 Å². The highest BCUT2D eigenvalue weighted by Gasteiger charge is 2.13. The fourth-order valence-corrected chi connectivity index (χ4v) is 2.76. The summed E-state index contributed by atoms with van der Waals surface area (Å²) in [4.78, 5) is 0. The van der Waals surface area contributed by atoms with Crippen LogP contribution in [0.2, 0.25) is 0 Å². The molecule has 2 rings (SSSR count). The fourth-order valence-electron chi connectivity index (χ4n) is 2.76. The minimum atomic E-state index is -0.185. The van der Waals surface area contributed by atoms with Crippen LogP contribution >= 0.6 is 0 Å². The van der Waals surface area contributed by atoms with Gasteiger partial charge in [-0.05, 0) is 62.6 Å². The Balaban J connectivity index is 2.48. The van der Waals surface area contributed by atoms with Gasteiger partial charge in [0.2, 0.25) is 0 Å². The molecule has 0 spiro atoms. The van der Waals surface area contributed by atoms with E-state index in [9.17, 15) is 4.39 Å². The van der Waals surface area contributed by atoms with Crippen LogP contribution in [0, 0.1) is 19.7 Å². The van der Waals surface area contributed by atoms with E-state index in [2.05, 4.69) is 51.2 Å². The molecule has 0 aliphatic heterocycles. The van der Waals surface area contributed by atoms with Crippen LogP contribution in [0.4, 0.5) is 4.39 Å². The van der Waals surface area contributed by atoms with Crippen molar-refractivity contribution in [2.75, 3.05) is 6.54 Å². The number of hydrogen-bond acceptors (Lipinski definition) is 1. The average molecular weight is 285 g/mol. The van der Waals surface area contributed by atoms with Crippen LogP contribution in [0.5, 0.6) is 0 Å². The van der Waals surface area contributed by atoms with Crippen LogP contribution < -0.4 is 5.32 Å². The first kappa shape index (κ1) is 15.7. The quantitative estimate of drug-likeness (QED) is 0.799. The van der Waals surface area contributed by atoms with Crippen molar-refractivity contribution in [3.05, 3.63) is 58.9 Å². The van der Waals surface area contributed by atoms with Crippen LogP contribution in [0.1, 0.15) is 43.0 Å². The van der Waals surface area contributed by atoms with Gasteiger partial charge >= 0.3 is 0 Å².